The minimum atomic E-state index is -0.431. The van der Waals surface area contributed by atoms with Crippen molar-refractivity contribution in [1.82, 2.24) is 20.4 Å². The number of hydrogen-bond donors (Lipinski definition) is 1. The SMILES string of the molecule is C[C@H](NC(=O)OC1CCCC1)c1nc(-c2ccnc(C3CC3)c2)no1. The van der Waals surface area contributed by atoms with Crippen molar-refractivity contribution in [3.05, 3.63) is 29.9 Å². The van der Waals surface area contributed by atoms with Crippen LogP contribution < -0.4 is 5.32 Å². The average molecular weight is 342 g/mol. The third-order valence-electron chi connectivity index (χ3n) is 4.76. The molecule has 1 atom stereocenters. The van der Waals surface area contributed by atoms with Crippen LogP contribution in [0.15, 0.2) is 22.9 Å². The van der Waals surface area contributed by atoms with Gasteiger partial charge in [0.15, 0.2) is 0 Å². The number of nitrogens with one attached hydrogen (secondary N) is 1. The largest absolute Gasteiger partial charge is 0.446 e. The molecule has 0 unspecified atom stereocenters. The summed E-state index contributed by atoms with van der Waals surface area (Å²) in [6.07, 6.45) is 7.89. The van der Waals surface area contributed by atoms with Crippen molar-refractivity contribution >= 4 is 6.09 Å². The summed E-state index contributed by atoms with van der Waals surface area (Å²) in [6, 6.07) is 3.48. The molecule has 0 aromatic carbocycles. The van der Waals surface area contributed by atoms with Crippen molar-refractivity contribution in [2.45, 2.75) is 63.5 Å². The van der Waals surface area contributed by atoms with E-state index in [0.29, 0.717) is 17.6 Å². The number of ether oxygens (including phenoxy) is 1. The van der Waals surface area contributed by atoms with E-state index < -0.39 is 12.1 Å². The van der Waals surface area contributed by atoms with Crippen molar-refractivity contribution in [2.24, 2.45) is 0 Å². The van der Waals surface area contributed by atoms with E-state index >= 15 is 0 Å². The minimum Gasteiger partial charge on any atom is -0.446 e. The molecule has 25 heavy (non-hydrogen) atoms. The molecule has 2 aromatic heterocycles. The summed E-state index contributed by atoms with van der Waals surface area (Å²) < 4.78 is 10.7. The van der Waals surface area contributed by atoms with Crippen LogP contribution in [0.1, 0.15) is 69.0 Å². The van der Waals surface area contributed by atoms with Gasteiger partial charge in [0.1, 0.15) is 12.1 Å². The van der Waals surface area contributed by atoms with Gasteiger partial charge in [-0.2, -0.15) is 4.98 Å². The highest BCUT2D eigenvalue weighted by atomic mass is 16.6. The topological polar surface area (TPSA) is 90.1 Å². The molecule has 2 heterocycles. The molecule has 2 aliphatic carbocycles. The third kappa shape index (κ3) is 3.81. The zero-order valence-corrected chi connectivity index (χ0v) is 14.3. The van der Waals surface area contributed by atoms with E-state index in [9.17, 15) is 4.79 Å². The lowest BCUT2D eigenvalue weighted by Gasteiger charge is -2.14. The zero-order chi connectivity index (χ0) is 17.2. The first-order valence-corrected chi connectivity index (χ1v) is 8.96. The van der Waals surface area contributed by atoms with Gasteiger partial charge in [0, 0.05) is 23.4 Å². The van der Waals surface area contributed by atoms with Crippen LogP contribution in [0.3, 0.4) is 0 Å². The zero-order valence-electron chi connectivity index (χ0n) is 14.3. The van der Waals surface area contributed by atoms with Gasteiger partial charge < -0.3 is 14.6 Å². The van der Waals surface area contributed by atoms with E-state index in [1.54, 1.807) is 13.1 Å². The molecule has 4 rings (SSSR count). The number of aromatic nitrogens is 3. The maximum Gasteiger partial charge on any atom is 0.408 e. The van der Waals surface area contributed by atoms with Crippen LogP contribution in [0.2, 0.25) is 0 Å². The molecular formula is C18H22N4O3. The highest BCUT2D eigenvalue weighted by Gasteiger charge is 2.26. The van der Waals surface area contributed by atoms with Gasteiger partial charge in [0.2, 0.25) is 11.7 Å². The van der Waals surface area contributed by atoms with Crippen molar-refractivity contribution in [3.63, 3.8) is 0 Å². The van der Waals surface area contributed by atoms with Crippen molar-refractivity contribution < 1.29 is 14.1 Å². The van der Waals surface area contributed by atoms with Gasteiger partial charge in [-0.3, -0.25) is 4.98 Å². The summed E-state index contributed by atoms with van der Waals surface area (Å²) in [6.45, 7) is 1.80. The van der Waals surface area contributed by atoms with Gasteiger partial charge >= 0.3 is 6.09 Å². The molecular weight excluding hydrogens is 320 g/mol. The third-order valence-corrected chi connectivity index (χ3v) is 4.76. The second-order valence-corrected chi connectivity index (χ2v) is 6.88. The summed E-state index contributed by atoms with van der Waals surface area (Å²) in [5.74, 6) is 1.44. The number of alkyl carbamates (subject to hydrolysis) is 1. The molecule has 0 saturated heterocycles. The van der Waals surface area contributed by atoms with E-state index in [1.807, 2.05) is 12.1 Å². The standard InChI is InChI=1S/C18H22N4O3/c1-11(20-18(23)24-14-4-2-3-5-14)17-21-16(22-25-17)13-8-9-19-15(10-13)12-6-7-12/h8-12,14H,2-7H2,1H3,(H,20,23)/t11-/m0/s1. The quantitative estimate of drug-likeness (QED) is 0.890. The predicted molar refractivity (Wildman–Crippen MR) is 89.8 cm³/mol. The number of carbonyl (C=O) groups excluding carboxylic acids is 1. The molecule has 2 saturated carbocycles. The van der Waals surface area contributed by atoms with Crippen molar-refractivity contribution in [2.75, 3.05) is 0 Å². The van der Waals surface area contributed by atoms with Gasteiger partial charge in [-0.25, -0.2) is 4.79 Å². The highest BCUT2D eigenvalue weighted by Crippen LogP contribution is 2.39. The monoisotopic (exact) mass is 342 g/mol. The first-order valence-electron chi connectivity index (χ1n) is 8.96. The maximum absolute atomic E-state index is 12.0. The summed E-state index contributed by atoms with van der Waals surface area (Å²) in [7, 11) is 0. The molecule has 0 aliphatic heterocycles. The Morgan fingerprint density at radius 3 is 2.88 bits per heavy atom. The summed E-state index contributed by atoms with van der Waals surface area (Å²) in [5, 5.41) is 6.79. The van der Waals surface area contributed by atoms with E-state index in [4.69, 9.17) is 9.26 Å². The van der Waals surface area contributed by atoms with Crippen LogP contribution in [-0.2, 0) is 4.74 Å². The molecule has 132 valence electrons. The maximum atomic E-state index is 12.0. The van der Waals surface area contributed by atoms with Gasteiger partial charge in [0.05, 0.1) is 0 Å². The smallest absolute Gasteiger partial charge is 0.408 e. The molecule has 0 bridgehead atoms. The van der Waals surface area contributed by atoms with Crippen LogP contribution in [0.25, 0.3) is 11.4 Å². The number of rotatable bonds is 5. The van der Waals surface area contributed by atoms with Gasteiger partial charge in [-0.15, -0.1) is 0 Å². The van der Waals surface area contributed by atoms with Crippen LogP contribution in [0.5, 0.6) is 0 Å². The Balaban J connectivity index is 1.39. The normalized spacial score (nSPS) is 18.9. The van der Waals surface area contributed by atoms with E-state index in [0.717, 1.165) is 36.9 Å². The lowest BCUT2D eigenvalue weighted by molar-refractivity contribution is 0.0970. The predicted octanol–water partition coefficient (Wildman–Crippen LogP) is 3.74. The first-order chi connectivity index (χ1) is 12.2. The lowest BCUT2D eigenvalue weighted by atomic mass is 10.2. The van der Waals surface area contributed by atoms with E-state index in [-0.39, 0.29) is 6.10 Å². The fraction of sp³-hybridized carbons (Fsp3) is 0.556. The molecule has 7 heteroatoms. The minimum absolute atomic E-state index is 0.0307. The molecule has 7 nitrogen and oxygen atoms in total. The molecule has 2 aliphatic rings. The second kappa shape index (κ2) is 6.82. The van der Waals surface area contributed by atoms with E-state index in [2.05, 4.69) is 20.4 Å². The fourth-order valence-electron chi connectivity index (χ4n) is 3.15. The Morgan fingerprint density at radius 1 is 1.32 bits per heavy atom. The van der Waals surface area contributed by atoms with Gasteiger partial charge in [-0.05, 0) is 57.6 Å². The fourth-order valence-corrected chi connectivity index (χ4v) is 3.15. The van der Waals surface area contributed by atoms with Crippen LogP contribution in [0, 0.1) is 0 Å². The Morgan fingerprint density at radius 2 is 2.12 bits per heavy atom. The molecule has 2 aromatic rings. The Kier molecular flexibility index (Phi) is 4.38. The van der Waals surface area contributed by atoms with Gasteiger partial charge in [0.25, 0.3) is 0 Å². The van der Waals surface area contributed by atoms with Gasteiger partial charge in [-0.1, -0.05) is 5.16 Å². The van der Waals surface area contributed by atoms with Crippen LogP contribution >= 0.6 is 0 Å². The molecule has 1 amide bonds. The number of hydrogen-bond acceptors (Lipinski definition) is 6. The lowest BCUT2D eigenvalue weighted by Crippen LogP contribution is -2.30. The Bertz CT molecular complexity index is 750. The van der Waals surface area contributed by atoms with Crippen molar-refractivity contribution in [3.8, 4) is 11.4 Å². The number of amides is 1. The summed E-state index contributed by atoms with van der Waals surface area (Å²) in [5.41, 5.74) is 1.96. The molecule has 1 N–H and O–H groups in total. The molecule has 2 fully saturated rings. The summed E-state index contributed by atoms with van der Waals surface area (Å²) >= 11 is 0. The average Bonchev–Trinajstić information content (AvgIpc) is 3.12. The number of pyridine rings is 1. The Labute approximate surface area is 146 Å². The summed E-state index contributed by atoms with van der Waals surface area (Å²) in [4.78, 5) is 20.8. The highest BCUT2D eigenvalue weighted by molar-refractivity contribution is 5.68. The van der Waals surface area contributed by atoms with Crippen LogP contribution in [0.4, 0.5) is 4.79 Å². The molecule has 0 spiro atoms. The number of nitrogens with zero attached hydrogens (tertiary/aromatic N) is 3. The van der Waals surface area contributed by atoms with Crippen molar-refractivity contribution in [1.29, 1.82) is 0 Å². The number of carbonyl (C=O) groups is 1. The Hall–Kier alpha value is -2.44. The van der Waals surface area contributed by atoms with Crippen LogP contribution in [-0.4, -0.2) is 27.3 Å². The second-order valence-electron chi connectivity index (χ2n) is 6.88. The molecule has 0 radical (unpaired) electrons. The van der Waals surface area contributed by atoms with E-state index in [1.165, 1.54) is 12.8 Å². The first kappa shape index (κ1) is 16.1.